The van der Waals surface area contributed by atoms with Gasteiger partial charge in [-0.1, -0.05) is 20.8 Å². The van der Waals surface area contributed by atoms with Crippen molar-refractivity contribution < 1.29 is 23.7 Å². The molecule has 0 spiro atoms. The van der Waals surface area contributed by atoms with Gasteiger partial charge in [0.15, 0.2) is 0 Å². The molecule has 0 amide bonds. The van der Waals surface area contributed by atoms with Gasteiger partial charge < -0.3 is 18.9 Å². The number of fused-ring (bicyclic) bond motifs is 1. The number of hydrogen-bond donors (Lipinski definition) is 0. The van der Waals surface area contributed by atoms with Gasteiger partial charge in [-0.2, -0.15) is 0 Å². The lowest BCUT2D eigenvalue weighted by atomic mass is 9.46. The highest BCUT2D eigenvalue weighted by molar-refractivity contribution is 5.74. The van der Waals surface area contributed by atoms with Crippen molar-refractivity contribution in [2.75, 3.05) is 21.0 Å². The monoisotopic (exact) mass is 300 g/mol. The van der Waals surface area contributed by atoms with Crippen LogP contribution in [0.15, 0.2) is 0 Å². The maximum Gasteiger partial charge on any atom is 0.309 e. The van der Waals surface area contributed by atoms with Crippen LogP contribution in [-0.4, -0.2) is 43.8 Å². The Kier molecular flexibility index (Phi) is 3.72. The summed E-state index contributed by atoms with van der Waals surface area (Å²) in [5, 5.41) is 0. The summed E-state index contributed by atoms with van der Waals surface area (Å²) in [6.45, 7) is 12.4. The lowest BCUT2D eigenvalue weighted by molar-refractivity contribution is -0.289. The van der Waals surface area contributed by atoms with Crippen molar-refractivity contribution >= 4 is 5.97 Å². The standard InChI is InChI=1S/C16H28O5/c1-10-11(12(17)18-7)13(2,3)15(5,19-8)16(6)14(10,4)20-9-21-16/h10-11H,9H2,1-8H3/t10?,11?,14-,15-,16-/m1/s1. The highest BCUT2D eigenvalue weighted by Crippen LogP contribution is 2.64. The summed E-state index contributed by atoms with van der Waals surface area (Å²) >= 11 is 0. The zero-order valence-corrected chi connectivity index (χ0v) is 14.4. The van der Waals surface area contributed by atoms with Crippen molar-refractivity contribution in [2.45, 2.75) is 58.3 Å². The molecule has 5 heteroatoms. The summed E-state index contributed by atoms with van der Waals surface area (Å²) in [5.41, 5.74) is -2.44. The van der Waals surface area contributed by atoms with Crippen LogP contribution in [-0.2, 0) is 23.7 Å². The molecule has 2 rings (SSSR count). The number of carbonyl (C=O) groups is 1. The second kappa shape index (κ2) is 4.67. The van der Waals surface area contributed by atoms with Gasteiger partial charge in [-0.3, -0.25) is 4.79 Å². The fourth-order valence-electron chi connectivity index (χ4n) is 4.67. The van der Waals surface area contributed by atoms with E-state index >= 15 is 0 Å². The van der Waals surface area contributed by atoms with Gasteiger partial charge in [0.2, 0.25) is 0 Å². The minimum atomic E-state index is -0.698. The van der Waals surface area contributed by atoms with Crippen LogP contribution >= 0.6 is 0 Å². The van der Waals surface area contributed by atoms with Crippen LogP contribution in [0, 0.1) is 17.3 Å². The summed E-state index contributed by atoms with van der Waals surface area (Å²) in [6, 6.07) is 0. The Balaban J connectivity index is 2.68. The van der Waals surface area contributed by atoms with Crippen LogP contribution < -0.4 is 0 Å². The van der Waals surface area contributed by atoms with E-state index in [9.17, 15) is 4.79 Å². The van der Waals surface area contributed by atoms with E-state index in [-0.39, 0.29) is 24.6 Å². The summed E-state index contributed by atoms with van der Waals surface area (Å²) in [6.07, 6.45) is 0. The van der Waals surface area contributed by atoms with Gasteiger partial charge in [-0.25, -0.2) is 0 Å². The van der Waals surface area contributed by atoms with Crippen molar-refractivity contribution in [3.63, 3.8) is 0 Å². The van der Waals surface area contributed by atoms with Crippen molar-refractivity contribution in [3.8, 4) is 0 Å². The van der Waals surface area contributed by atoms with Crippen molar-refractivity contribution in [1.82, 2.24) is 0 Å². The average Bonchev–Trinajstić information content (AvgIpc) is 2.74. The van der Waals surface area contributed by atoms with Crippen LogP contribution in [0.2, 0.25) is 0 Å². The second-order valence-electron chi connectivity index (χ2n) is 7.30. The first-order valence-electron chi connectivity index (χ1n) is 7.44. The first-order chi connectivity index (χ1) is 9.53. The average molecular weight is 300 g/mol. The summed E-state index contributed by atoms with van der Waals surface area (Å²) in [7, 11) is 3.09. The van der Waals surface area contributed by atoms with Crippen LogP contribution in [0.4, 0.5) is 0 Å². The minimum absolute atomic E-state index is 0.0596. The molecular formula is C16H28O5. The molecule has 5 atom stereocenters. The van der Waals surface area contributed by atoms with E-state index in [1.807, 2.05) is 41.5 Å². The van der Waals surface area contributed by atoms with E-state index < -0.39 is 22.2 Å². The number of ether oxygens (including phenoxy) is 4. The SMILES string of the molecule is COC(=O)C1C(C)[C@@]2(C)OCO[C@@]2(C)[C@](C)(OC)C1(C)C. The second-order valence-corrected chi connectivity index (χ2v) is 7.30. The quantitative estimate of drug-likeness (QED) is 0.733. The van der Waals surface area contributed by atoms with Gasteiger partial charge in [0.25, 0.3) is 0 Å². The molecule has 1 saturated heterocycles. The molecule has 0 aromatic heterocycles. The zero-order valence-electron chi connectivity index (χ0n) is 14.4. The van der Waals surface area contributed by atoms with Crippen molar-refractivity contribution in [2.24, 2.45) is 17.3 Å². The maximum absolute atomic E-state index is 12.5. The molecule has 0 aromatic carbocycles. The van der Waals surface area contributed by atoms with E-state index in [1.54, 1.807) is 7.11 Å². The third-order valence-corrected chi connectivity index (χ3v) is 6.80. The Morgan fingerprint density at radius 1 is 1.10 bits per heavy atom. The molecular weight excluding hydrogens is 272 g/mol. The predicted molar refractivity (Wildman–Crippen MR) is 77.7 cm³/mol. The Bertz CT molecular complexity index is 448. The molecule has 2 aliphatic rings. The molecule has 1 saturated carbocycles. The molecule has 2 fully saturated rings. The third kappa shape index (κ3) is 1.65. The van der Waals surface area contributed by atoms with Crippen molar-refractivity contribution in [1.29, 1.82) is 0 Å². The van der Waals surface area contributed by atoms with E-state index in [0.29, 0.717) is 0 Å². The van der Waals surface area contributed by atoms with Gasteiger partial charge >= 0.3 is 5.97 Å². The number of methoxy groups -OCH3 is 2. The predicted octanol–water partition coefficient (Wildman–Crippen LogP) is 2.38. The molecule has 5 nitrogen and oxygen atoms in total. The normalized spacial score (nSPS) is 48.8. The van der Waals surface area contributed by atoms with Crippen LogP contribution in [0.3, 0.4) is 0 Å². The van der Waals surface area contributed by atoms with Crippen LogP contribution in [0.1, 0.15) is 41.5 Å². The lowest BCUT2D eigenvalue weighted by Gasteiger charge is -2.65. The fourth-order valence-corrected chi connectivity index (χ4v) is 4.67. The Labute approximate surface area is 127 Å². The number of hydrogen-bond acceptors (Lipinski definition) is 5. The Hall–Kier alpha value is -0.650. The first-order valence-corrected chi connectivity index (χ1v) is 7.44. The van der Waals surface area contributed by atoms with Gasteiger partial charge in [-0.05, 0) is 20.8 Å². The molecule has 21 heavy (non-hydrogen) atoms. The summed E-state index contributed by atoms with van der Waals surface area (Å²) < 4.78 is 23.0. The third-order valence-electron chi connectivity index (χ3n) is 6.80. The zero-order chi connectivity index (χ0) is 16.3. The van der Waals surface area contributed by atoms with Crippen LogP contribution in [0.25, 0.3) is 0 Å². The molecule has 0 aromatic rings. The Morgan fingerprint density at radius 3 is 2.14 bits per heavy atom. The minimum Gasteiger partial charge on any atom is -0.469 e. The highest BCUT2D eigenvalue weighted by Gasteiger charge is 2.76. The molecule has 1 heterocycles. The molecule has 1 aliphatic heterocycles. The van der Waals surface area contributed by atoms with Gasteiger partial charge in [0.1, 0.15) is 23.6 Å². The van der Waals surface area contributed by atoms with E-state index in [1.165, 1.54) is 7.11 Å². The smallest absolute Gasteiger partial charge is 0.309 e. The van der Waals surface area contributed by atoms with E-state index in [0.717, 1.165) is 0 Å². The molecule has 0 bridgehead atoms. The topological polar surface area (TPSA) is 54.0 Å². The number of esters is 1. The van der Waals surface area contributed by atoms with Gasteiger partial charge in [-0.15, -0.1) is 0 Å². The van der Waals surface area contributed by atoms with Gasteiger partial charge in [0.05, 0.1) is 13.0 Å². The molecule has 1 aliphatic carbocycles. The summed E-state index contributed by atoms with van der Waals surface area (Å²) in [5.74, 6) is -0.627. The lowest BCUT2D eigenvalue weighted by Crippen LogP contribution is -2.77. The number of rotatable bonds is 2. The summed E-state index contributed by atoms with van der Waals surface area (Å²) in [4.78, 5) is 12.5. The van der Waals surface area contributed by atoms with E-state index in [4.69, 9.17) is 18.9 Å². The molecule has 0 radical (unpaired) electrons. The molecule has 122 valence electrons. The van der Waals surface area contributed by atoms with Crippen molar-refractivity contribution in [3.05, 3.63) is 0 Å². The molecule has 2 unspecified atom stereocenters. The van der Waals surface area contributed by atoms with E-state index in [2.05, 4.69) is 0 Å². The Morgan fingerprint density at radius 2 is 1.67 bits per heavy atom. The fraction of sp³-hybridized carbons (Fsp3) is 0.938. The largest absolute Gasteiger partial charge is 0.469 e. The van der Waals surface area contributed by atoms with Crippen LogP contribution in [0.5, 0.6) is 0 Å². The first kappa shape index (κ1) is 16.7. The maximum atomic E-state index is 12.5. The molecule has 0 N–H and O–H groups in total. The highest BCUT2D eigenvalue weighted by atomic mass is 16.7. The van der Waals surface area contributed by atoms with Gasteiger partial charge in [0, 0.05) is 18.4 Å². The number of carbonyl (C=O) groups excluding carboxylic acids is 1.